The molecule has 0 bridgehead atoms. The monoisotopic (exact) mass is 351 g/mol. The summed E-state index contributed by atoms with van der Waals surface area (Å²) in [6, 6.07) is 5.58. The minimum atomic E-state index is -4.78. The Bertz CT molecular complexity index is 889. The van der Waals surface area contributed by atoms with Crippen LogP contribution in [0.5, 0.6) is 0 Å². The van der Waals surface area contributed by atoms with Crippen molar-refractivity contribution in [1.82, 2.24) is 4.68 Å². The van der Waals surface area contributed by atoms with Crippen LogP contribution in [0.25, 0.3) is 10.6 Å². The van der Waals surface area contributed by atoms with Crippen LogP contribution < -0.4 is 11.0 Å². The van der Waals surface area contributed by atoms with Gasteiger partial charge in [-0.25, -0.2) is 4.68 Å². The van der Waals surface area contributed by atoms with Gasteiger partial charge in [-0.2, -0.15) is 18.4 Å². The highest BCUT2D eigenvalue weighted by molar-refractivity contribution is 7.13. The van der Waals surface area contributed by atoms with Crippen molar-refractivity contribution in [2.45, 2.75) is 25.4 Å². The summed E-state index contributed by atoms with van der Waals surface area (Å²) in [5.74, 6) is 0. The van der Waals surface area contributed by atoms with Gasteiger partial charge < -0.3 is 0 Å². The summed E-state index contributed by atoms with van der Waals surface area (Å²) >= 11 is 1.22. The molecule has 0 spiro atoms. The first-order valence-corrected chi connectivity index (χ1v) is 8.07. The average molecular weight is 351 g/mol. The molecule has 0 fully saturated rings. The van der Waals surface area contributed by atoms with Crippen molar-refractivity contribution in [3.05, 3.63) is 56.8 Å². The van der Waals surface area contributed by atoms with Crippen molar-refractivity contribution in [2.75, 3.05) is 5.43 Å². The van der Waals surface area contributed by atoms with E-state index in [9.17, 15) is 18.0 Å². The molecule has 3 rings (SSSR count). The maximum absolute atomic E-state index is 13.2. The minimum absolute atomic E-state index is 0.0918. The Kier molecular flexibility index (Phi) is 4.20. The molecule has 0 atom stereocenters. The van der Waals surface area contributed by atoms with Crippen LogP contribution in [0.2, 0.25) is 0 Å². The zero-order chi connectivity index (χ0) is 17.3. The van der Waals surface area contributed by atoms with Gasteiger partial charge in [-0.15, -0.1) is 11.3 Å². The van der Waals surface area contributed by atoms with Gasteiger partial charge in [0.2, 0.25) is 0 Å². The maximum atomic E-state index is 13.2. The number of nitrogens with zero attached hydrogens (tertiary/aromatic N) is 2. The second-order valence-corrected chi connectivity index (χ2v) is 6.23. The number of thiophene rings is 1. The van der Waals surface area contributed by atoms with E-state index in [1.807, 2.05) is 6.08 Å². The number of rotatable bonds is 3. The number of nitriles is 1. The first kappa shape index (κ1) is 16.3. The van der Waals surface area contributed by atoms with Gasteiger partial charge in [0, 0.05) is 5.70 Å². The predicted molar refractivity (Wildman–Crippen MR) is 85.0 cm³/mol. The van der Waals surface area contributed by atoms with Crippen molar-refractivity contribution in [1.29, 1.82) is 5.26 Å². The third kappa shape index (κ3) is 2.95. The number of halogens is 3. The highest BCUT2D eigenvalue weighted by atomic mass is 32.1. The van der Waals surface area contributed by atoms with Crippen molar-refractivity contribution < 1.29 is 13.2 Å². The quantitative estimate of drug-likeness (QED) is 0.906. The average Bonchev–Trinajstić information content (AvgIpc) is 3.20. The SMILES string of the molecule is N#Cc1c(C(F)(F)F)cc(-c2cccs2)n(NC2=CCCC2)c1=O. The molecule has 1 aliphatic rings. The summed E-state index contributed by atoms with van der Waals surface area (Å²) in [5, 5.41) is 10.8. The van der Waals surface area contributed by atoms with E-state index in [1.54, 1.807) is 17.5 Å². The Morgan fingerprint density at radius 2 is 2.17 bits per heavy atom. The van der Waals surface area contributed by atoms with Crippen molar-refractivity contribution in [2.24, 2.45) is 0 Å². The Morgan fingerprint density at radius 3 is 2.71 bits per heavy atom. The largest absolute Gasteiger partial charge is 0.417 e. The number of nitrogens with one attached hydrogen (secondary N) is 1. The van der Waals surface area contributed by atoms with E-state index in [0.29, 0.717) is 11.3 Å². The zero-order valence-corrected chi connectivity index (χ0v) is 13.2. The number of aromatic nitrogens is 1. The molecule has 0 radical (unpaired) electrons. The molecule has 2 heterocycles. The Balaban J connectivity index is 2.26. The lowest BCUT2D eigenvalue weighted by Crippen LogP contribution is -2.33. The summed E-state index contributed by atoms with van der Waals surface area (Å²) < 4.78 is 40.8. The van der Waals surface area contributed by atoms with Gasteiger partial charge in [-0.05, 0) is 36.8 Å². The van der Waals surface area contributed by atoms with Crippen LogP contribution in [0.4, 0.5) is 13.2 Å². The van der Waals surface area contributed by atoms with Gasteiger partial charge in [0.25, 0.3) is 5.56 Å². The summed E-state index contributed by atoms with van der Waals surface area (Å²) in [4.78, 5) is 13.0. The van der Waals surface area contributed by atoms with E-state index in [0.717, 1.165) is 29.3 Å². The van der Waals surface area contributed by atoms with E-state index >= 15 is 0 Å². The van der Waals surface area contributed by atoms with Crippen molar-refractivity contribution in [3.8, 4) is 16.6 Å². The molecule has 0 aliphatic heterocycles. The summed E-state index contributed by atoms with van der Waals surface area (Å²) in [6.45, 7) is 0. The zero-order valence-electron chi connectivity index (χ0n) is 12.4. The fourth-order valence-corrected chi connectivity index (χ4v) is 3.31. The Hall–Kier alpha value is -2.53. The smallest absolute Gasteiger partial charge is 0.295 e. The molecule has 8 heteroatoms. The van der Waals surface area contributed by atoms with Crippen LogP contribution in [0.3, 0.4) is 0 Å². The van der Waals surface area contributed by atoms with E-state index in [1.165, 1.54) is 17.4 Å². The number of hydrogen-bond acceptors (Lipinski definition) is 4. The Labute approximate surface area is 139 Å². The molecule has 0 saturated carbocycles. The number of alkyl halides is 3. The molecule has 2 aromatic heterocycles. The third-order valence-electron chi connectivity index (χ3n) is 3.70. The highest BCUT2D eigenvalue weighted by Gasteiger charge is 2.36. The predicted octanol–water partition coefficient (Wildman–Crippen LogP) is 4.08. The molecule has 0 unspecified atom stereocenters. The first-order valence-electron chi connectivity index (χ1n) is 7.19. The lowest BCUT2D eigenvalue weighted by atomic mass is 10.1. The lowest BCUT2D eigenvalue weighted by Gasteiger charge is -2.18. The van der Waals surface area contributed by atoms with Crippen LogP contribution in [0.1, 0.15) is 30.4 Å². The number of pyridine rings is 1. The molecule has 4 nitrogen and oxygen atoms in total. The molecule has 0 amide bonds. The van der Waals surface area contributed by atoms with E-state index in [-0.39, 0.29) is 5.69 Å². The standard InChI is InChI=1S/C16H12F3N3OS/c17-16(18,19)12-8-13(14-6-3-7-24-14)22(15(23)11(12)9-20)21-10-4-1-2-5-10/h3-4,6-8,21H,1-2,5H2. The van der Waals surface area contributed by atoms with Gasteiger partial charge in [0.05, 0.1) is 16.1 Å². The van der Waals surface area contributed by atoms with Crippen molar-refractivity contribution >= 4 is 11.3 Å². The van der Waals surface area contributed by atoms with Crippen molar-refractivity contribution in [3.63, 3.8) is 0 Å². The summed E-state index contributed by atoms with van der Waals surface area (Å²) in [6.07, 6.45) is -0.413. The minimum Gasteiger partial charge on any atom is -0.295 e. The fraction of sp³-hybridized carbons (Fsp3) is 0.250. The van der Waals surface area contributed by atoms with Gasteiger partial charge in [0.1, 0.15) is 11.6 Å². The number of hydrogen-bond donors (Lipinski definition) is 1. The molecule has 1 N–H and O–H groups in total. The maximum Gasteiger partial charge on any atom is 0.417 e. The van der Waals surface area contributed by atoms with Gasteiger partial charge in [-0.3, -0.25) is 10.2 Å². The normalized spacial score (nSPS) is 14.3. The van der Waals surface area contributed by atoms with E-state index in [2.05, 4.69) is 5.43 Å². The van der Waals surface area contributed by atoms with E-state index in [4.69, 9.17) is 5.26 Å². The first-order chi connectivity index (χ1) is 11.4. The van der Waals surface area contributed by atoms with Crippen LogP contribution in [-0.2, 0) is 6.18 Å². The lowest BCUT2D eigenvalue weighted by molar-refractivity contribution is -0.137. The van der Waals surface area contributed by atoms with Gasteiger partial charge >= 0.3 is 6.18 Å². The van der Waals surface area contributed by atoms with Gasteiger partial charge in [0.15, 0.2) is 0 Å². The molecule has 2 aromatic rings. The molecular formula is C16H12F3N3OS. The second-order valence-electron chi connectivity index (χ2n) is 5.28. The number of allylic oxidation sites excluding steroid dienone is 2. The topological polar surface area (TPSA) is 57.8 Å². The fourth-order valence-electron chi connectivity index (χ4n) is 2.57. The summed E-state index contributed by atoms with van der Waals surface area (Å²) in [7, 11) is 0. The molecule has 124 valence electrons. The van der Waals surface area contributed by atoms with Crippen LogP contribution in [-0.4, -0.2) is 4.68 Å². The third-order valence-corrected chi connectivity index (χ3v) is 4.59. The van der Waals surface area contributed by atoms with Crippen LogP contribution in [0, 0.1) is 11.3 Å². The molecular weight excluding hydrogens is 339 g/mol. The summed E-state index contributed by atoms with van der Waals surface area (Å²) in [5.41, 5.74) is 0.611. The molecule has 24 heavy (non-hydrogen) atoms. The molecule has 0 aromatic carbocycles. The van der Waals surface area contributed by atoms with Gasteiger partial charge in [-0.1, -0.05) is 12.1 Å². The molecule has 1 aliphatic carbocycles. The second kappa shape index (κ2) is 6.17. The van der Waals surface area contributed by atoms with Crippen LogP contribution in [0.15, 0.2) is 40.1 Å². The van der Waals surface area contributed by atoms with E-state index < -0.39 is 22.9 Å². The Morgan fingerprint density at radius 1 is 1.38 bits per heavy atom. The highest BCUT2D eigenvalue weighted by Crippen LogP contribution is 2.34. The van der Waals surface area contributed by atoms with Crippen LogP contribution >= 0.6 is 11.3 Å². The molecule has 0 saturated heterocycles.